The Balaban J connectivity index is 0.000000143. The molecule has 114 heavy (non-hydrogen) atoms. The molecule has 0 unspecified atom stereocenters. The molecule has 22 rings (SSSR count). The predicted molar refractivity (Wildman–Crippen MR) is 467 cm³/mol. The normalized spacial score (nSPS) is 11.5. The topological polar surface area (TPSA) is 117 Å². The van der Waals surface area contributed by atoms with E-state index in [0.29, 0.717) is 23.3 Å². The molecule has 0 spiro atoms. The number of nitrogens with zero attached hydrogens (tertiary/aromatic N) is 7. The SMILES string of the molecule is c1ccc(-c2cccc(-c3nc(-c4ccccc4)cc(-c4ccc(-c5nc6ccccc6c6c(-c7ccccc7)c7c(cc56)oc5ccccc57)cc4)n3)c2)cc1.c1ccc(-c2nc(-c3ccccc3)nc(-c3ccc(-c4ccc(-c5nc6ccccc6c6c(-c7ccccc7)c7c(cc56)oc5ccccc57)cc4)cc3)n2)cc1. The minimum atomic E-state index is 0.632. The number of benzene rings is 16. The van der Waals surface area contributed by atoms with Crippen LogP contribution in [0.15, 0.2) is 403 Å². The lowest BCUT2D eigenvalue weighted by atomic mass is 9.89. The van der Waals surface area contributed by atoms with E-state index in [9.17, 15) is 0 Å². The lowest BCUT2D eigenvalue weighted by molar-refractivity contribution is 0.669. The van der Waals surface area contributed by atoms with Gasteiger partial charge in [-0.25, -0.2) is 34.9 Å². The molecule has 0 bridgehead atoms. The molecule has 0 amide bonds. The first-order chi connectivity index (χ1) is 56.5. The van der Waals surface area contributed by atoms with Gasteiger partial charge in [0.05, 0.1) is 33.8 Å². The molecule has 0 saturated carbocycles. The second kappa shape index (κ2) is 28.5. The molecule has 0 radical (unpaired) electrons. The molecular weight excluding hydrogens is 1390 g/mol. The van der Waals surface area contributed by atoms with Crippen LogP contribution in [0.2, 0.25) is 0 Å². The Kier molecular flexibility index (Phi) is 16.7. The summed E-state index contributed by atoms with van der Waals surface area (Å²) in [7, 11) is 0. The van der Waals surface area contributed by atoms with Gasteiger partial charge in [0.1, 0.15) is 22.3 Å². The van der Waals surface area contributed by atoms with Crippen LogP contribution in [-0.4, -0.2) is 34.9 Å². The largest absolute Gasteiger partial charge is 0.456 e. The van der Waals surface area contributed by atoms with Crippen LogP contribution in [0.5, 0.6) is 0 Å². The summed E-state index contributed by atoms with van der Waals surface area (Å²) in [5.41, 5.74) is 25.8. The van der Waals surface area contributed by atoms with Crippen molar-refractivity contribution in [3.05, 3.63) is 394 Å². The Labute approximate surface area is 656 Å². The summed E-state index contributed by atoms with van der Waals surface area (Å²) in [4.78, 5) is 35.6. The maximum absolute atomic E-state index is 6.59. The summed E-state index contributed by atoms with van der Waals surface area (Å²) in [5.74, 6) is 2.60. The van der Waals surface area contributed by atoms with Crippen molar-refractivity contribution in [2.24, 2.45) is 0 Å². The number of fused-ring (bicyclic) bond motifs is 12. The number of pyridine rings is 2. The summed E-state index contributed by atoms with van der Waals surface area (Å²) in [5, 5.41) is 11.1. The summed E-state index contributed by atoms with van der Waals surface area (Å²) in [6.07, 6.45) is 0. The number of furan rings is 2. The van der Waals surface area contributed by atoms with Crippen LogP contribution in [-0.2, 0) is 0 Å². The summed E-state index contributed by atoms with van der Waals surface area (Å²) in [6, 6.07) is 136. The molecule has 0 saturated heterocycles. The Hall–Kier alpha value is -15.5. The van der Waals surface area contributed by atoms with Crippen molar-refractivity contribution < 1.29 is 8.83 Å². The Bertz CT molecular complexity index is 7350. The van der Waals surface area contributed by atoms with Crippen molar-refractivity contribution in [3.8, 4) is 135 Å². The summed E-state index contributed by atoms with van der Waals surface area (Å²) in [6.45, 7) is 0. The maximum atomic E-state index is 6.59. The highest BCUT2D eigenvalue weighted by Crippen LogP contribution is 2.49. The van der Waals surface area contributed by atoms with Crippen molar-refractivity contribution >= 4 is 87.2 Å². The number of para-hydroxylation sites is 4. The monoisotopic (exact) mass is 1460 g/mol. The van der Waals surface area contributed by atoms with Gasteiger partial charge in [0.15, 0.2) is 23.3 Å². The van der Waals surface area contributed by atoms with Crippen molar-refractivity contribution in [2.75, 3.05) is 0 Å². The highest BCUT2D eigenvalue weighted by molar-refractivity contribution is 6.29. The second-order valence-electron chi connectivity index (χ2n) is 28.5. The molecule has 0 aliphatic carbocycles. The van der Waals surface area contributed by atoms with Crippen LogP contribution in [0.1, 0.15) is 0 Å². The Morgan fingerprint density at radius 3 is 0.895 bits per heavy atom. The van der Waals surface area contributed by atoms with Gasteiger partial charge in [-0.1, -0.05) is 346 Å². The molecule has 6 aromatic heterocycles. The molecule has 6 heterocycles. The molecule has 532 valence electrons. The minimum Gasteiger partial charge on any atom is -0.456 e. The molecule has 9 heteroatoms. The van der Waals surface area contributed by atoms with E-state index in [1.807, 2.05) is 109 Å². The van der Waals surface area contributed by atoms with Crippen LogP contribution in [0.3, 0.4) is 0 Å². The average Bonchev–Trinajstić information content (AvgIpc) is 0.825. The lowest BCUT2D eigenvalue weighted by Gasteiger charge is -2.16. The fraction of sp³-hybridized carbons (Fsp3) is 0. The van der Waals surface area contributed by atoms with E-state index in [1.54, 1.807) is 0 Å². The molecule has 0 N–H and O–H groups in total. The first kappa shape index (κ1) is 66.7. The number of aromatic nitrogens is 7. The van der Waals surface area contributed by atoms with Gasteiger partial charge in [0.2, 0.25) is 0 Å². The highest BCUT2D eigenvalue weighted by atomic mass is 16.3. The first-order valence-corrected chi connectivity index (χ1v) is 38.2. The van der Waals surface area contributed by atoms with Crippen molar-refractivity contribution in [1.29, 1.82) is 0 Å². The zero-order chi connectivity index (χ0) is 75.4. The van der Waals surface area contributed by atoms with Crippen molar-refractivity contribution in [1.82, 2.24) is 34.9 Å². The van der Waals surface area contributed by atoms with Gasteiger partial charge in [-0.15, -0.1) is 0 Å². The van der Waals surface area contributed by atoms with Crippen LogP contribution < -0.4 is 0 Å². The highest BCUT2D eigenvalue weighted by Gasteiger charge is 2.25. The molecule has 22 aromatic rings. The zero-order valence-electron chi connectivity index (χ0n) is 61.5. The van der Waals surface area contributed by atoms with E-state index in [4.69, 9.17) is 43.7 Å². The first-order valence-electron chi connectivity index (χ1n) is 38.2. The maximum Gasteiger partial charge on any atom is 0.164 e. The second-order valence-corrected chi connectivity index (χ2v) is 28.5. The zero-order valence-corrected chi connectivity index (χ0v) is 61.5. The fourth-order valence-corrected chi connectivity index (χ4v) is 16.2. The molecule has 0 aliphatic heterocycles. The number of hydrogen-bond acceptors (Lipinski definition) is 9. The molecule has 0 fully saturated rings. The number of hydrogen-bond donors (Lipinski definition) is 0. The quantitative estimate of drug-likeness (QED) is 0.110. The van der Waals surface area contributed by atoms with E-state index in [-0.39, 0.29) is 0 Å². The fourth-order valence-electron chi connectivity index (χ4n) is 16.2. The van der Waals surface area contributed by atoms with E-state index in [1.165, 1.54) is 5.39 Å². The van der Waals surface area contributed by atoms with Crippen molar-refractivity contribution in [2.45, 2.75) is 0 Å². The lowest BCUT2D eigenvalue weighted by Crippen LogP contribution is -2.00. The predicted octanol–water partition coefficient (Wildman–Crippen LogP) is 27.6. The van der Waals surface area contributed by atoms with E-state index in [0.717, 1.165) is 194 Å². The van der Waals surface area contributed by atoms with Crippen LogP contribution in [0.4, 0.5) is 0 Å². The van der Waals surface area contributed by atoms with Gasteiger partial charge >= 0.3 is 0 Å². The molecule has 0 atom stereocenters. The standard InChI is InChI=1S/C53H33N3O.C52H32N4O/c1-4-15-34(16-5-1)39-21-14-22-40(31-39)53-55-45(35-17-6-2-7-18-35)33-46(56-53)36-27-29-38(30-28-36)52-43-32-48-51(42-24-11-13-26-47(42)57-48)49(37-19-8-3-9-20-37)50(43)41-23-10-12-25-44(41)54-52;1-4-14-35(15-5-1)46-47-40-20-10-12-22-43(40)53-49(42(47)32-45-48(46)41-21-11-13-23-44(41)57-45)36-28-24-33(25-29-36)34-26-30-39(31-27-34)52-55-50(37-16-6-2-7-17-37)54-51(56-52)38-18-8-3-9-19-38/h1-33H;1-32H. The average molecular weight is 1460 g/mol. The van der Waals surface area contributed by atoms with Gasteiger partial charge in [0, 0.05) is 109 Å². The smallest absolute Gasteiger partial charge is 0.164 e. The summed E-state index contributed by atoms with van der Waals surface area (Å²) < 4.78 is 13.2. The minimum absolute atomic E-state index is 0.632. The van der Waals surface area contributed by atoms with Crippen LogP contribution in [0, 0.1) is 0 Å². The van der Waals surface area contributed by atoms with Crippen LogP contribution >= 0.6 is 0 Å². The van der Waals surface area contributed by atoms with Gasteiger partial charge < -0.3 is 8.83 Å². The molecular formula is C105H65N7O2. The molecule has 16 aromatic carbocycles. The third-order valence-electron chi connectivity index (χ3n) is 21.6. The molecule has 9 nitrogen and oxygen atoms in total. The third-order valence-corrected chi connectivity index (χ3v) is 21.6. The van der Waals surface area contributed by atoms with E-state index in [2.05, 4.69) is 285 Å². The van der Waals surface area contributed by atoms with E-state index >= 15 is 0 Å². The van der Waals surface area contributed by atoms with Crippen molar-refractivity contribution in [3.63, 3.8) is 0 Å². The third kappa shape index (κ3) is 12.2. The molecule has 0 aliphatic rings. The Morgan fingerprint density at radius 1 is 0.158 bits per heavy atom. The summed E-state index contributed by atoms with van der Waals surface area (Å²) >= 11 is 0. The number of rotatable bonds is 12. The van der Waals surface area contributed by atoms with Gasteiger partial charge in [-0.05, 0) is 81.9 Å². The van der Waals surface area contributed by atoms with Gasteiger partial charge in [-0.2, -0.15) is 0 Å². The van der Waals surface area contributed by atoms with Gasteiger partial charge in [-0.3, -0.25) is 0 Å². The Morgan fingerprint density at radius 2 is 0.456 bits per heavy atom. The van der Waals surface area contributed by atoms with Gasteiger partial charge in [0.25, 0.3) is 0 Å². The van der Waals surface area contributed by atoms with E-state index < -0.39 is 0 Å². The van der Waals surface area contributed by atoms with Crippen LogP contribution in [0.25, 0.3) is 222 Å².